The summed E-state index contributed by atoms with van der Waals surface area (Å²) >= 11 is 1.11. The number of halogens is 3. The van der Waals surface area contributed by atoms with Gasteiger partial charge in [0.25, 0.3) is 0 Å². The Kier molecular flexibility index (Phi) is 2.75. The number of thiophene rings is 1. The fraction of sp³-hybridized carbons (Fsp3) is 0.300. The highest BCUT2D eigenvalue weighted by Crippen LogP contribution is 2.41. The number of alkyl halides is 3. The number of pyridine rings is 1. The van der Waals surface area contributed by atoms with Crippen LogP contribution in [0.1, 0.15) is 16.1 Å². The number of hydrogen-bond acceptors (Lipinski definition) is 4. The van der Waals surface area contributed by atoms with Gasteiger partial charge in [-0.1, -0.05) is 0 Å². The van der Waals surface area contributed by atoms with E-state index in [1.165, 1.54) is 6.92 Å². The molecular weight excluding hydrogens is 251 g/mol. The van der Waals surface area contributed by atoms with E-state index in [0.29, 0.717) is 10.6 Å². The molecule has 4 N–H and O–H groups in total. The molecule has 0 spiro atoms. The Labute approximate surface area is 99.2 Å². The maximum Gasteiger partial charge on any atom is 0.417 e. The molecule has 7 heteroatoms. The summed E-state index contributed by atoms with van der Waals surface area (Å²) in [5.41, 5.74) is 10.8. The molecule has 2 rings (SSSR count). The lowest BCUT2D eigenvalue weighted by atomic mass is 10.1. The van der Waals surface area contributed by atoms with Gasteiger partial charge in [-0.15, -0.1) is 11.3 Å². The summed E-state index contributed by atoms with van der Waals surface area (Å²) in [6, 6.07) is 1.01. The van der Waals surface area contributed by atoms with Gasteiger partial charge in [-0.3, -0.25) is 0 Å². The first-order valence-electron chi connectivity index (χ1n) is 4.80. The summed E-state index contributed by atoms with van der Waals surface area (Å²) < 4.78 is 38.6. The third-order valence-corrected chi connectivity index (χ3v) is 3.52. The normalized spacial score (nSPS) is 12.3. The van der Waals surface area contributed by atoms with E-state index < -0.39 is 11.7 Å². The van der Waals surface area contributed by atoms with Crippen molar-refractivity contribution in [2.75, 3.05) is 5.73 Å². The molecular formula is C10H10F3N3S. The number of anilines is 1. The van der Waals surface area contributed by atoms with Gasteiger partial charge in [-0.2, -0.15) is 13.2 Å². The van der Waals surface area contributed by atoms with Crippen molar-refractivity contribution in [3.05, 3.63) is 22.2 Å². The summed E-state index contributed by atoms with van der Waals surface area (Å²) in [6.45, 7) is 1.63. The van der Waals surface area contributed by atoms with Crippen molar-refractivity contribution >= 4 is 27.2 Å². The molecule has 0 unspecified atom stereocenters. The van der Waals surface area contributed by atoms with Gasteiger partial charge >= 0.3 is 6.18 Å². The van der Waals surface area contributed by atoms with Crippen LogP contribution in [0.3, 0.4) is 0 Å². The molecule has 0 bridgehead atoms. The Morgan fingerprint density at radius 2 is 2.06 bits per heavy atom. The minimum Gasteiger partial charge on any atom is -0.397 e. The third kappa shape index (κ3) is 1.96. The fourth-order valence-corrected chi connectivity index (χ4v) is 2.71. The zero-order chi connectivity index (χ0) is 12.8. The molecule has 2 heterocycles. The van der Waals surface area contributed by atoms with Crippen LogP contribution in [-0.2, 0) is 12.7 Å². The van der Waals surface area contributed by atoms with Crippen molar-refractivity contribution in [1.29, 1.82) is 0 Å². The number of hydrogen-bond donors (Lipinski definition) is 2. The first-order valence-corrected chi connectivity index (χ1v) is 5.62. The van der Waals surface area contributed by atoms with Crippen molar-refractivity contribution in [3.63, 3.8) is 0 Å². The molecule has 0 radical (unpaired) electrons. The molecule has 0 fully saturated rings. The van der Waals surface area contributed by atoms with Crippen molar-refractivity contribution in [2.45, 2.75) is 19.6 Å². The summed E-state index contributed by atoms with van der Waals surface area (Å²) in [4.78, 5) is 4.88. The van der Waals surface area contributed by atoms with Crippen LogP contribution in [-0.4, -0.2) is 4.98 Å². The zero-order valence-corrected chi connectivity index (χ0v) is 9.75. The molecule has 17 heavy (non-hydrogen) atoms. The number of aryl methyl sites for hydroxylation is 1. The van der Waals surface area contributed by atoms with Crippen LogP contribution in [0.25, 0.3) is 10.2 Å². The first-order chi connectivity index (χ1) is 7.84. The molecule has 3 nitrogen and oxygen atoms in total. The fourth-order valence-electron chi connectivity index (χ4n) is 1.67. The molecule has 0 aromatic carbocycles. The topological polar surface area (TPSA) is 64.9 Å². The first kappa shape index (κ1) is 12.1. The van der Waals surface area contributed by atoms with Gasteiger partial charge in [0.1, 0.15) is 4.83 Å². The summed E-state index contributed by atoms with van der Waals surface area (Å²) in [5.74, 6) is 0. The number of nitrogens with zero attached hydrogens (tertiary/aromatic N) is 1. The number of nitrogen functional groups attached to an aromatic ring is 1. The van der Waals surface area contributed by atoms with Gasteiger partial charge in [0, 0.05) is 22.5 Å². The number of nitrogens with two attached hydrogens (primary N) is 2. The number of fused-ring (bicyclic) bond motifs is 1. The van der Waals surface area contributed by atoms with E-state index in [-0.39, 0.29) is 22.4 Å². The maximum atomic E-state index is 12.9. The summed E-state index contributed by atoms with van der Waals surface area (Å²) in [6.07, 6.45) is -4.44. The van der Waals surface area contributed by atoms with E-state index in [1.54, 1.807) is 0 Å². The minimum absolute atomic E-state index is 0.0337. The lowest BCUT2D eigenvalue weighted by molar-refractivity contribution is -0.136. The van der Waals surface area contributed by atoms with Gasteiger partial charge in [-0.05, 0) is 13.0 Å². The van der Waals surface area contributed by atoms with Crippen LogP contribution in [0.2, 0.25) is 0 Å². The quantitative estimate of drug-likeness (QED) is 0.829. The van der Waals surface area contributed by atoms with Crippen molar-refractivity contribution in [2.24, 2.45) is 5.73 Å². The minimum atomic E-state index is -4.44. The average Bonchev–Trinajstić information content (AvgIpc) is 2.52. The Balaban J connectivity index is 2.87. The SMILES string of the molecule is Cc1cc(C(F)(F)F)c2c(N)c(CN)sc2n1. The van der Waals surface area contributed by atoms with E-state index >= 15 is 0 Å². The lowest BCUT2D eigenvalue weighted by Crippen LogP contribution is -2.07. The molecule has 92 valence electrons. The van der Waals surface area contributed by atoms with Crippen LogP contribution in [0.5, 0.6) is 0 Å². The monoisotopic (exact) mass is 261 g/mol. The van der Waals surface area contributed by atoms with Crippen molar-refractivity contribution in [1.82, 2.24) is 4.98 Å². The highest BCUT2D eigenvalue weighted by Gasteiger charge is 2.35. The smallest absolute Gasteiger partial charge is 0.397 e. The standard InChI is InChI=1S/C10H10F3N3S/c1-4-2-5(10(11,12)13)7-8(15)6(3-14)17-9(7)16-4/h2H,3,14-15H2,1H3. The van der Waals surface area contributed by atoms with E-state index in [9.17, 15) is 13.2 Å². The predicted octanol–water partition coefficient (Wildman–Crippen LogP) is 2.66. The Morgan fingerprint density at radius 1 is 1.41 bits per heavy atom. The van der Waals surface area contributed by atoms with E-state index in [4.69, 9.17) is 11.5 Å². The van der Waals surface area contributed by atoms with Gasteiger partial charge in [0.15, 0.2) is 0 Å². The molecule has 0 saturated heterocycles. The maximum absolute atomic E-state index is 12.9. The molecule has 0 aliphatic heterocycles. The lowest BCUT2D eigenvalue weighted by Gasteiger charge is -2.09. The molecule has 0 amide bonds. The molecule has 0 aliphatic carbocycles. The number of aromatic nitrogens is 1. The Bertz CT molecular complexity index is 574. The second kappa shape index (κ2) is 3.85. The molecule has 0 atom stereocenters. The molecule has 0 aliphatic rings. The average molecular weight is 261 g/mol. The van der Waals surface area contributed by atoms with Gasteiger partial charge in [0.05, 0.1) is 11.3 Å². The van der Waals surface area contributed by atoms with Crippen LogP contribution in [0.4, 0.5) is 18.9 Å². The van der Waals surface area contributed by atoms with Gasteiger partial charge < -0.3 is 11.5 Å². The van der Waals surface area contributed by atoms with Gasteiger partial charge in [-0.25, -0.2) is 4.98 Å². The van der Waals surface area contributed by atoms with Crippen molar-refractivity contribution < 1.29 is 13.2 Å². The highest BCUT2D eigenvalue weighted by molar-refractivity contribution is 7.19. The molecule has 0 saturated carbocycles. The van der Waals surface area contributed by atoms with Crippen molar-refractivity contribution in [3.8, 4) is 0 Å². The molecule has 2 aromatic rings. The molecule has 2 aromatic heterocycles. The predicted molar refractivity (Wildman–Crippen MR) is 61.7 cm³/mol. The second-order valence-corrected chi connectivity index (χ2v) is 4.72. The van der Waals surface area contributed by atoms with E-state index in [0.717, 1.165) is 17.4 Å². The Morgan fingerprint density at radius 3 is 2.59 bits per heavy atom. The van der Waals surface area contributed by atoms with E-state index in [1.807, 2.05) is 0 Å². The third-order valence-electron chi connectivity index (χ3n) is 2.39. The zero-order valence-electron chi connectivity index (χ0n) is 8.93. The second-order valence-electron chi connectivity index (χ2n) is 3.63. The Hall–Kier alpha value is -1.34. The van der Waals surface area contributed by atoms with Gasteiger partial charge in [0.2, 0.25) is 0 Å². The van der Waals surface area contributed by atoms with Crippen LogP contribution >= 0.6 is 11.3 Å². The summed E-state index contributed by atoms with van der Waals surface area (Å²) in [5, 5.41) is -0.0337. The number of rotatable bonds is 1. The van der Waals surface area contributed by atoms with Crippen LogP contribution < -0.4 is 11.5 Å². The largest absolute Gasteiger partial charge is 0.417 e. The highest BCUT2D eigenvalue weighted by atomic mass is 32.1. The van der Waals surface area contributed by atoms with E-state index in [2.05, 4.69) is 4.98 Å². The summed E-state index contributed by atoms with van der Waals surface area (Å²) in [7, 11) is 0. The van der Waals surface area contributed by atoms with Crippen LogP contribution in [0, 0.1) is 6.92 Å². The van der Waals surface area contributed by atoms with Crippen LogP contribution in [0.15, 0.2) is 6.07 Å².